The molecule has 13 nitrogen and oxygen atoms in total. The van der Waals surface area contributed by atoms with Gasteiger partial charge in [-0.3, -0.25) is 9.59 Å². The molecule has 2 rings (SSSR count). The Labute approximate surface area is 190 Å². The van der Waals surface area contributed by atoms with E-state index in [0.717, 1.165) is 0 Å². The predicted octanol–water partition coefficient (Wildman–Crippen LogP) is -4.16. The van der Waals surface area contributed by atoms with Crippen LogP contribution in [0.3, 0.4) is 0 Å². The highest BCUT2D eigenvalue weighted by Crippen LogP contribution is 2.29. The van der Waals surface area contributed by atoms with Gasteiger partial charge in [0, 0.05) is 19.6 Å². The second kappa shape index (κ2) is 12.4. The molecular weight excluding hydrogens is 452 g/mol. The van der Waals surface area contributed by atoms with E-state index in [0.29, 0.717) is 5.75 Å². The second-order valence-corrected chi connectivity index (χ2v) is 8.02. The zero-order valence-corrected chi connectivity index (χ0v) is 18.6. The van der Waals surface area contributed by atoms with E-state index in [-0.39, 0.29) is 6.61 Å². The molecule has 2 aliphatic heterocycles. The zero-order valence-electron chi connectivity index (χ0n) is 17.7. The van der Waals surface area contributed by atoms with E-state index in [4.69, 9.17) is 18.9 Å². The molecule has 2 amide bonds. The lowest BCUT2D eigenvalue weighted by Gasteiger charge is -2.48. The molecule has 2 fully saturated rings. The third-order valence-corrected chi connectivity index (χ3v) is 5.32. The Kier molecular flexibility index (Phi) is 10.5. The minimum Gasteiger partial charge on any atom is -0.394 e. The molecule has 0 saturated carbocycles. The zero-order chi connectivity index (χ0) is 24.0. The lowest BCUT2D eigenvalue weighted by molar-refractivity contribution is -0.331. The van der Waals surface area contributed by atoms with Crippen LogP contribution < -0.4 is 10.6 Å². The van der Waals surface area contributed by atoms with Gasteiger partial charge in [0.25, 0.3) is 0 Å². The molecular formula is C18H32N2O11S. The van der Waals surface area contributed by atoms with Crippen LogP contribution in [0, 0.1) is 0 Å². The number of thiol groups is 1. The fraction of sp³-hybridized carbons (Fsp3) is 0.889. The van der Waals surface area contributed by atoms with Crippen molar-refractivity contribution in [3.8, 4) is 0 Å². The number of ether oxygens (including phenoxy) is 4. The van der Waals surface area contributed by atoms with Crippen LogP contribution in [-0.4, -0.2) is 124 Å². The summed E-state index contributed by atoms with van der Waals surface area (Å²) in [6.45, 7) is 1.28. The van der Waals surface area contributed by atoms with Crippen molar-refractivity contribution in [3.63, 3.8) is 0 Å². The summed E-state index contributed by atoms with van der Waals surface area (Å²) >= 11 is 4.04. The highest BCUT2D eigenvalue weighted by Gasteiger charge is 2.51. The minimum absolute atomic E-state index is 0.138. The Morgan fingerprint density at radius 3 is 1.91 bits per heavy atom. The average Bonchev–Trinajstić information content (AvgIpc) is 2.74. The van der Waals surface area contributed by atoms with E-state index in [9.17, 15) is 35.1 Å². The first-order valence-electron chi connectivity index (χ1n) is 10.1. The molecule has 0 aromatic carbocycles. The SMILES string of the molecule is CC(=O)NC1[C@H](O[C@@H]2C(CO)O[C@@H](OCCS)C(NC(C)=O)[C@H]2O)OC(CO)[C@@H](O)[C@@H]1O. The van der Waals surface area contributed by atoms with Crippen molar-refractivity contribution in [1.29, 1.82) is 0 Å². The molecule has 2 saturated heterocycles. The molecule has 2 aliphatic rings. The van der Waals surface area contributed by atoms with Crippen LogP contribution in [0.15, 0.2) is 0 Å². The van der Waals surface area contributed by atoms with Gasteiger partial charge in [-0.1, -0.05) is 0 Å². The monoisotopic (exact) mass is 484 g/mol. The Bertz CT molecular complexity index is 630. The molecule has 2 heterocycles. The van der Waals surface area contributed by atoms with Gasteiger partial charge in [0.2, 0.25) is 11.8 Å². The number of nitrogens with one attached hydrogen (secondary N) is 2. The van der Waals surface area contributed by atoms with Gasteiger partial charge in [0.1, 0.15) is 48.7 Å². The third-order valence-electron chi connectivity index (χ3n) is 5.14. The quantitative estimate of drug-likeness (QED) is 0.148. The van der Waals surface area contributed by atoms with Gasteiger partial charge in [0.15, 0.2) is 12.6 Å². The summed E-state index contributed by atoms with van der Waals surface area (Å²) in [7, 11) is 0. The number of rotatable bonds is 9. The Morgan fingerprint density at radius 1 is 0.875 bits per heavy atom. The van der Waals surface area contributed by atoms with Crippen LogP contribution >= 0.6 is 12.6 Å². The molecule has 7 N–H and O–H groups in total. The summed E-state index contributed by atoms with van der Waals surface area (Å²) in [5.74, 6) is -0.706. The molecule has 14 heteroatoms. The molecule has 32 heavy (non-hydrogen) atoms. The first-order valence-corrected chi connectivity index (χ1v) is 10.8. The third kappa shape index (κ3) is 6.50. The predicted molar refractivity (Wildman–Crippen MR) is 109 cm³/mol. The van der Waals surface area contributed by atoms with E-state index in [1.165, 1.54) is 13.8 Å². The summed E-state index contributed by atoms with van der Waals surface area (Å²) < 4.78 is 22.5. The van der Waals surface area contributed by atoms with Crippen LogP contribution in [0.2, 0.25) is 0 Å². The summed E-state index contributed by atoms with van der Waals surface area (Å²) in [6, 6.07) is -2.36. The molecule has 0 aromatic rings. The highest BCUT2D eigenvalue weighted by molar-refractivity contribution is 7.80. The van der Waals surface area contributed by atoms with Crippen molar-refractivity contribution >= 4 is 24.4 Å². The second-order valence-electron chi connectivity index (χ2n) is 7.57. The first-order chi connectivity index (χ1) is 15.1. The number of hydrogen-bond donors (Lipinski definition) is 8. The van der Waals surface area contributed by atoms with Gasteiger partial charge < -0.3 is 55.1 Å². The maximum absolute atomic E-state index is 11.7. The minimum atomic E-state index is -1.57. The van der Waals surface area contributed by atoms with Crippen LogP contribution in [0.4, 0.5) is 0 Å². The van der Waals surface area contributed by atoms with Crippen molar-refractivity contribution in [2.45, 2.75) is 75.1 Å². The highest BCUT2D eigenvalue weighted by atomic mass is 32.1. The van der Waals surface area contributed by atoms with Crippen LogP contribution in [-0.2, 0) is 28.5 Å². The first kappa shape index (κ1) is 27.2. The summed E-state index contributed by atoms with van der Waals surface area (Å²) in [5.41, 5.74) is 0. The van der Waals surface area contributed by atoms with Crippen molar-refractivity contribution < 1.29 is 54.1 Å². The van der Waals surface area contributed by atoms with Gasteiger partial charge in [-0.05, 0) is 0 Å². The van der Waals surface area contributed by atoms with E-state index < -0.39 is 86.3 Å². The average molecular weight is 485 g/mol. The smallest absolute Gasteiger partial charge is 0.217 e. The van der Waals surface area contributed by atoms with E-state index >= 15 is 0 Å². The number of carbonyl (C=O) groups excluding carboxylic acids is 2. The van der Waals surface area contributed by atoms with E-state index in [1.807, 2.05) is 0 Å². The van der Waals surface area contributed by atoms with Gasteiger partial charge in [-0.2, -0.15) is 12.6 Å². The Hall–Kier alpha value is -1.07. The number of amides is 2. The Morgan fingerprint density at radius 2 is 1.41 bits per heavy atom. The number of carbonyl (C=O) groups is 2. The summed E-state index contributed by atoms with van der Waals surface area (Å²) in [6.07, 6.45) is -10.8. The molecule has 0 aliphatic carbocycles. The molecule has 186 valence electrons. The van der Waals surface area contributed by atoms with Gasteiger partial charge in [-0.25, -0.2) is 0 Å². The summed E-state index contributed by atoms with van der Waals surface area (Å²) in [5, 5.41) is 55.7. The molecule has 0 radical (unpaired) electrons. The number of hydrogen-bond acceptors (Lipinski definition) is 12. The molecule has 0 spiro atoms. The maximum Gasteiger partial charge on any atom is 0.217 e. The van der Waals surface area contributed by atoms with Gasteiger partial charge >= 0.3 is 0 Å². The lowest BCUT2D eigenvalue weighted by Crippen LogP contribution is -2.69. The van der Waals surface area contributed by atoms with Crippen LogP contribution in [0.25, 0.3) is 0 Å². The van der Waals surface area contributed by atoms with E-state index in [1.54, 1.807) is 0 Å². The van der Waals surface area contributed by atoms with E-state index in [2.05, 4.69) is 23.3 Å². The van der Waals surface area contributed by atoms with Crippen LogP contribution in [0.5, 0.6) is 0 Å². The fourth-order valence-electron chi connectivity index (χ4n) is 3.68. The Balaban J connectivity index is 2.29. The van der Waals surface area contributed by atoms with Gasteiger partial charge in [-0.15, -0.1) is 0 Å². The lowest BCUT2D eigenvalue weighted by atomic mass is 9.94. The maximum atomic E-state index is 11.7. The normalized spacial score (nSPS) is 40.0. The largest absolute Gasteiger partial charge is 0.394 e. The van der Waals surface area contributed by atoms with Crippen molar-refractivity contribution in [2.24, 2.45) is 0 Å². The molecule has 4 unspecified atom stereocenters. The topological polar surface area (TPSA) is 196 Å². The van der Waals surface area contributed by atoms with Gasteiger partial charge in [0.05, 0.1) is 19.8 Å². The molecule has 10 atom stereocenters. The standard InChI is InChI=1S/C18H32N2O11S/c1-7(23)19-11-14(26)13(25)9(5-21)29-18(11)31-16-10(6-22)30-17(28-3-4-32)12(15(16)27)20-8(2)24/h9-18,21-22,25-27,32H,3-6H2,1-2H3,(H,19,23)(H,20,24)/t9?,10?,11?,12?,13-,14-,15-,16-,17-,18+/m1/s1. The van der Waals surface area contributed by atoms with Crippen molar-refractivity contribution in [1.82, 2.24) is 10.6 Å². The van der Waals surface area contributed by atoms with Crippen molar-refractivity contribution in [2.75, 3.05) is 25.6 Å². The number of aliphatic hydroxyl groups is 5. The van der Waals surface area contributed by atoms with Crippen molar-refractivity contribution in [3.05, 3.63) is 0 Å². The molecule has 0 bridgehead atoms. The number of aliphatic hydroxyl groups excluding tert-OH is 5. The summed E-state index contributed by atoms with van der Waals surface area (Å²) in [4.78, 5) is 23.3. The fourth-order valence-corrected chi connectivity index (χ4v) is 3.78. The van der Waals surface area contributed by atoms with Crippen LogP contribution in [0.1, 0.15) is 13.8 Å². The molecule has 0 aromatic heterocycles.